The molecule has 1 aliphatic rings. The number of carbonyl (C=O) groups excluding carboxylic acids is 1. The molecule has 0 bridgehead atoms. The molecule has 0 fully saturated rings. The van der Waals surface area contributed by atoms with Crippen molar-refractivity contribution < 1.29 is 18.3 Å². The maximum Gasteiger partial charge on any atom is 0.268 e. The molecule has 6 heteroatoms. The number of para-hydroxylation sites is 1. The van der Waals surface area contributed by atoms with E-state index in [9.17, 15) is 18.3 Å². The Bertz CT molecular complexity index is 1220. The highest BCUT2D eigenvalue weighted by molar-refractivity contribution is 7.90. The lowest BCUT2D eigenvalue weighted by atomic mass is 9.92. The molecule has 4 rings (SSSR count). The lowest BCUT2D eigenvalue weighted by molar-refractivity contribution is -0.110. The Morgan fingerprint density at radius 1 is 1.00 bits per heavy atom. The fourth-order valence-electron chi connectivity index (χ4n) is 3.38. The molecule has 1 aliphatic carbocycles. The van der Waals surface area contributed by atoms with Crippen molar-refractivity contribution >= 4 is 26.7 Å². The molecular weight excluding hydrogens is 374 g/mol. The number of rotatable bonds is 4. The molecule has 1 heterocycles. The summed E-state index contributed by atoms with van der Waals surface area (Å²) in [5.41, 5.74) is 0.519. The van der Waals surface area contributed by atoms with Crippen LogP contribution in [0.15, 0.2) is 83.8 Å². The predicted molar refractivity (Wildman–Crippen MR) is 108 cm³/mol. The van der Waals surface area contributed by atoms with E-state index in [2.05, 4.69) is 0 Å². The largest absolute Gasteiger partial charge is 0.381 e. The molecule has 0 saturated heterocycles. The second-order valence-electron chi connectivity index (χ2n) is 7.01. The van der Waals surface area contributed by atoms with Gasteiger partial charge in [-0.25, -0.2) is 12.4 Å². The van der Waals surface area contributed by atoms with Gasteiger partial charge < -0.3 is 5.11 Å². The topological polar surface area (TPSA) is 76.4 Å². The quantitative estimate of drug-likeness (QED) is 0.739. The summed E-state index contributed by atoms with van der Waals surface area (Å²) in [6.07, 6.45) is 5.40. The molecule has 0 spiro atoms. The standard InChI is InChI=1S/C22H19NO4S/c1-16-6-8-20(9-7-16)28(26,27)23-18(14-17-4-2-3-5-21(17)23)15-22(25)12-10-19(24)11-13-22/h2-14,25H,15H2,1H3. The highest BCUT2D eigenvalue weighted by Crippen LogP contribution is 2.29. The monoisotopic (exact) mass is 393 g/mol. The SMILES string of the molecule is Cc1ccc(S(=O)(=O)n2c(CC3(O)C=CC(=O)C=C3)cc3ccccc32)cc1. The van der Waals surface area contributed by atoms with E-state index in [-0.39, 0.29) is 17.1 Å². The maximum atomic E-state index is 13.4. The number of allylic oxidation sites excluding steroid dienone is 2. The van der Waals surface area contributed by atoms with Gasteiger partial charge in [0.2, 0.25) is 0 Å². The zero-order valence-electron chi connectivity index (χ0n) is 15.2. The van der Waals surface area contributed by atoms with Gasteiger partial charge in [-0.2, -0.15) is 0 Å². The van der Waals surface area contributed by atoms with Crippen LogP contribution < -0.4 is 0 Å². The highest BCUT2D eigenvalue weighted by atomic mass is 32.2. The molecule has 0 unspecified atom stereocenters. The van der Waals surface area contributed by atoms with Gasteiger partial charge in [0, 0.05) is 17.5 Å². The average molecular weight is 393 g/mol. The van der Waals surface area contributed by atoms with Gasteiger partial charge in [-0.1, -0.05) is 35.9 Å². The third kappa shape index (κ3) is 3.21. The van der Waals surface area contributed by atoms with E-state index in [4.69, 9.17) is 0 Å². The van der Waals surface area contributed by atoms with Gasteiger partial charge in [0.25, 0.3) is 10.0 Å². The summed E-state index contributed by atoms with van der Waals surface area (Å²) < 4.78 is 28.1. The van der Waals surface area contributed by atoms with Crippen molar-refractivity contribution in [2.24, 2.45) is 0 Å². The maximum absolute atomic E-state index is 13.4. The smallest absolute Gasteiger partial charge is 0.268 e. The zero-order chi connectivity index (χ0) is 19.9. The van der Waals surface area contributed by atoms with E-state index >= 15 is 0 Å². The van der Waals surface area contributed by atoms with E-state index < -0.39 is 15.6 Å². The molecular formula is C22H19NO4S. The van der Waals surface area contributed by atoms with Crippen LogP contribution in [0.5, 0.6) is 0 Å². The minimum Gasteiger partial charge on any atom is -0.381 e. The zero-order valence-corrected chi connectivity index (χ0v) is 16.1. The van der Waals surface area contributed by atoms with Crippen molar-refractivity contribution in [1.29, 1.82) is 0 Å². The Morgan fingerprint density at radius 3 is 2.32 bits per heavy atom. The molecule has 0 amide bonds. The summed E-state index contributed by atoms with van der Waals surface area (Å²) >= 11 is 0. The van der Waals surface area contributed by atoms with Gasteiger partial charge in [0.1, 0.15) is 5.60 Å². The van der Waals surface area contributed by atoms with Crippen LogP contribution in [0, 0.1) is 6.92 Å². The van der Waals surface area contributed by atoms with E-state index in [1.807, 2.05) is 19.1 Å². The molecule has 0 saturated carbocycles. The number of aromatic nitrogens is 1. The lowest BCUT2D eigenvalue weighted by Crippen LogP contribution is -2.30. The van der Waals surface area contributed by atoms with E-state index in [1.165, 1.54) is 28.3 Å². The van der Waals surface area contributed by atoms with Gasteiger partial charge >= 0.3 is 0 Å². The molecule has 142 valence electrons. The number of carbonyl (C=O) groups is 1. The van der Waals surface area contributed by atoms with Crippen LogP contribution in [0.2, 0.25) is 0 Å². The summed E-state index contributed by atoms with van der Waals surface area (Å²) in [4.78, 5) is 11.6. The van der Waals surface area contributed by atoms with Crippen molar-refractivity contribution in [3.8, 4) is 0 Å². The van der Waals surface area contributed by atoms with Crippen molar-refractivity contribution in [3.05, 3.63) is 90.2 Å². The molecule has 2 aromatic carbocycles. The summed E-state index contributed by atoms with van der Waals surface area (Å²) in [5, 5.41) is 11.6. The number of aryl methyl sites for hydroxylation is 1. The first kappa shape index (κ1) is 18.4. The Labute approximate surface area is 163 Å². The number of hydrogen-bond donors (Lipinski definition) is 1. The second kappa shape index (κ2) is 6.58. The first-order valence-electron chi connectivity index (χ1n) is 8.85. The summed E-state index contributed by atoms with van der Waals surface area (Å²) in [7, 11) is -3.87. The van der Waals surface area contributed by atoms with Crippen molar-refractivity contribution in [2.45, 2.75) is 23.8 Å². The number of benzene rings is 2. The van der Waals surface area contributed by atoms with Crippen molar-refractivity contribution in [2.75, 3.05) is 0 Å². The van der Waals surface area contributed by atoms with Crippen LogP contribution in [0.3, 0.4) is 0 Å². The van der Waals surface area contributed by atoms with Crippen LogP contribution in [-0.4, -0.2) is 28.9 Å². The fraction of sp³-hybridized carbons (Fsp3) is 0.136. The summed E-state index contributed by atoms with van der Waals surface area (Å²) in [6.45, 7) is 1.89. The number of ketones is 1. The minimum atomic E-state index is -3.87. The van der Waals surface area contributed by atoms with Gasteiger partial charge in [-0.15, -0.1) is 0 Å². The number of fused-ring (bicyclic) bond motifs is 1. The van der Waals surface area contributed by atoms with Crippen LogP contribution in [0.25, 0.3) is 10.9 Å². The van der Waals surface area contributed by atoms with Gasteiger partial charge in [0.15, 0.2) is 5.78 Å². The van der Waals surface area contributed by atoms with E-state index in [0.717, 1.165) is 10.9 Å². The number of hydrogen-bond acceptors (Lipinski definition) is 4. The lowest BCUT2D eigenvalue weighted by Gasteiger charge is -2.23. The Hall–Kier alpha value is -2.96. The molecule has 0 aliphatic heterocycles. The fourth-order valence-corrected chi connectivity index (χ4v) is 4.92. The molecule has 5 nitrogen and oxygen atoms in total. The van der Waals surface area contributed by atoms with E-state index in [0.29, 0.717) is 11.2 Å². The molecule has 1 aromatic heterocycles. The Kier molecular flexibility index (Phi) is 4.33. The van der Waals surface area contributed by atoms with Crippen LogP contribution in [0.4, 0.5) is 0 Å². The first-order valence-corrected chi connectivity index (χ1v) is 10.3. The van der Waals surface area contributed by atoms with Crippen LogP contribution in [0.1, 0.15) is 11.3 Å². The minimum absolute atomic E-state index is 0.0209. The number of nitrogens with zero attached hydrogens (tertiary/aromatic N) is 1. The number of aliphatic hydroxyl groups is 1. The molecule has 3 aromatic rings. The van der Waals surface area contributed by atoms with Crippen molar-refractivity contribution in [3.63, 3.8) is 0 Å². The summed E-state index contributed by atoms with van der Waals surface area (Å²) in [5.74, 6) is -0.211. The Morgan fingerprint density at radius 2 is 1.64 bits per heavy atom. The molecule has 0 radical (unpaired) electrons. The van der Waals surface area contributed by atoms with Crippen molar-refractivity contribution in [1.82, 2.24) is 3.97 Å². The van der Waals surface area contributed by atoms with Gasteiger partial charge in [-0.05, 0) is 55.5 Å². The van der Waals surface area contributed by atoms with Gasteiger partial charge in [-0.3, -0.25) is 4.79 Å². The summed E-state index contributed by atoms with van der Waals surface area (Å²) in [6, 6.07) is 15.6. The Balaban J connectivity index is 1.89. The molecule has 1 N–H and O–H groups in total. The normalized spacial score (nSPS) is 16.0. The highest BCUT2D eigenvalue weighted by Gasteiger charge is 2.29. The predicted octanol–water partition coefficient (Wildman–Crippen LogP) is 3.16. The molecule has 28 heavy (non-hydrogen) atoms. The third-order valence-electron chi connectivity index (χ3n) is 4.83. The molecule has 0 atom stereocenters. The van der Waals surface area contributed by atoms with Crippen LogP contribution >= 0.6 is 0 Å². The van der Waals surface area contributed by atoms with Crippen LogP contribution in [-0.2, 0) is 21.2 Å². The average Bonchev–Trinajstić information content (AvgIpc) is 3.03. The third-order valence-corrected chi connectivity index (χ3v) is 6.61. The second-order valence-corrected chi connectivity index (χ2v) is 8.80. The van der Waals surface area contributed by atoms with Gasteiger partial charge in [0.05, 0.1) is 10.4 Å². The first-order chi connectivity index (χ1) is 13.3. The van der Waals surface area contributed by atoms with E-state index in [1.54, 1.807) is 42.5 Å².